The lowest BCUT2D eigenvalue weighted by molar-refractivity contribution is 0.0761. The number of anilines is 1. The molecule has 0 bridgehead atoms. The van der Waals surface area contributed by atoms with E-state index in [0.29, 0.717) is 19.8 Å². The van der Waals surface area contributed by atoms with Gasteiger partial charge in [-0.2, -0.15) is 5.26 Å². The Morgan fingerprint density at radius 3 is 2.86 bits per heavy atom. The largest absolute Gasteiger partial charge is 0.378 e. The Kier molecular flexibility index (Phi) is 4.76. The van der Waals surface area contributed by atoms with Gasteiger partial charge < -0.3 is 14.4 Å². The average Bonchev–Trinajstić information content (AvgIpc) is 2.46. The fourth-order valence-corrected chi connectivity index (χ4v) is 2.14. The first-order valence-electron chi connectivity index (χ1n) is 7.07. The third-order valence-corrected chi connectivity index (χ3v) is 3.26. The van der Waals surface area contributed by atoms with Crippen LogP contribution in [-0.2, 0) is 21.5 Å². The van der Waals surface area contributed by atoms with Crippen LogP contribution in [-0.4, -0.2) is 42.9 Å². The first-order valence-corrected chi connectivity index (χ1v) is 7.07. The van der Waals surface area contributed by atoms with Gasteiger partial charge in [-0.3, -0.25) is 0 Å². The van der Waals surface area contributed by atoms with Crippen molar-refractivity contribution in [1.82, 2.24) is 9.97 Å². The summed E-state index contributed by atoms with van der Waals surface area (Å²) in [6.45, 7) is 8.49. The maximum absolute atomic E-state index is 9.02. The van der Waals surface area contributed by atoms with Gasteiger partial charge in [0.15, 0.2) is 6.10 Å². The Bertz CT molecular complexity index is 533. The predicted molar refractivity (Wildman–Crippen MR) is 79.0 cm³/mol. The minimum absolute atomic E-state index is 0.139. The van der Waals surface area contributed by atoms with Crippen LogP contribution in [0, 0.1) is 11.3 Å². The van der Waals surface area contributed by atoms with E-state index in [1.54, 1.807) is 7.11 Å². The van der Waals surface area contributed by atoms with E-state index in [2.05, 4.69) is 41.7 Å². The highest BCUT2D eigenvalue weighted by Gasteiger charge is 2.24. The number of aromatic nitrogens is 2. The van der Waals surface area contributed by atoms with Crippen LogP contribution >= 0.6 is 0 Å². The molecule has 2 heterocycles. The topological polar surface area (TPSA) is 71.3 Å². The molecule has 0 spiro atoms. The molecule has 6 nitrogen and oxygen atoms in total. The second-order valence-electron chi connectivity index (χ2n) is 6.16. The van der Waals surface area contributed by atoms with Crippen molar-refractivity contribution in [2.45, 2.75) is 38.9 Å². The van der Waals surface area contributed by atoms with Crippen molar-refractivity contribution in [2.75, 3.05) is 31.7 Å². The highest BCUT2D eigenvalue weighted by atomic mass is 16.5. The van der Waals surface area contributed by atoms with Crippen molar-refractivity contribution >= 4 is 5.82 Å². The van der Waals surface area contributed by atoms with Gasteiger partial charge >= 0.3 is 0 Å². The van der Waals surface area contributed by atoms with E-state index in [1.807, 2.05) is 6.07 Å². The van der Waals surface area contributed by atoms with Gasteiger partial charge in [-0.1, -0.05) is 20.8 Å². The van der Waals surface area contributed by atoms with Gasteiger partial charge in [0.2, 0.25) is 0 Å². The maximum Gasteiger partial charge on any atom is 0.161 e. The molecule has 0 saturated carbocycles. The number of morpholine rings is 1. The highest BCUT2D eigenvalue weighted by Crippen LogP contribution is 2.23. The monoisotopic (exact) mass is 290 g/mol. The molecule has 1 aliphatic heterocycles. The molecule has 0 radical (unpaired) electrons. The zero-order valence-corrected chi connectivity index (χ0v) is 13.1. The molecule has 1 aromatic rings. The molecule has 1 atom stereocenters. The van der Waals surface area contributed by atoms with E-state index >= 15 is 0 Å². The van der Waals surface area contributed by atoms with E-state index < -0.39 is 6.10 Å². The number of rotatable bonds is 3. The van der Waals surface area contributed by atoms with Gasteiger partial charge in [0.1, 0.15) is 11.6 Å². The quantitative estimate of drug-likeness (QED) is 0.843. The molecule has 6 heteroatoms. The Morgan fingerprint density at radius 2 is 2.24 bits per heavy atom. The Labute approximate surface area is 125 Å². The molecule has 21 heavy (non-hydrogen) atoms. The Morgan fingerprint density at radius 1 is 1.48 bits per heavy atom. The maximum atomic E-state index is 9.02. The van der Waals surface area contributed by atoms with E-state index in [1.165, 1.54) is 0 Å². The first kappa shape index (κ1) is 15.7. The zero-order valence-electron chi connectivity index (χ0n) is 13.1. The van der Waals surface area contributed by atoms with Crippen LogP contribution < -0.4 is 4.90 Å². The van der Waals surface area contributed by atoms with E-state index in [4.69, 9.17) is 14.7 Å². The lowest BCUT2D eigenvalue weighted by Gasteiger charge is -2.31. The van der Waals surface area contributed by atoms with Gasteiger partial charge in [0.25, 0.3) is 0 Å². The minimum atomic E-state index is -0.405. The van der Waals surface area contributed by atoms with Crippen molar-refractivity contribution in [3.05, 3.63) is 17.6 Å². The average molecular weight is 290 g/mol. The predicted octanol–water partition coefficient (Wildman–Crippen LogP) is 1.65. The Balaban J connectivity index is 2.33. The summed E-state index contributed by atoms with van der Waals surface area (Å²) in [7, 11) is 1.65. The molecular weight excluding hydrogens is 268 g/mol. The van der Waals surface area contributed by atoms with E-state index in [9.17, 15) is 0 Å². The molecule has 0 aromatic carbocycles. The lowest BCUT2D eigenvalue weighted by atomic mass is 9.95. The van der Waals surface area contributed by atoms with Crippen LogP contribution in [0.1, 0.15) is 32.3 Å². The molecule has 2 rings (SSSR count). The Hall–Kier alpha value is -1.71. The van der Waals surface area contributed by atoms with Crippen molar-refractivity contribution in [3.63, 3.8) is 0 Å². The van der Waals surface area contributed by atoms with Crippen LogP contribution in [0.2, 0.25) is 0 Å². The third-order valence-electron chi connectivity index (χ3n) is 3.26. The SMILES string of the molecule is COCc1cc(N2CCOC(C#N)C2)nc(C(C)(C)C)n1. The number of ether oxygens (including phenoxy) is 2. The zero-order chi connectivity index (χ0) is 15.5. The summed E-state index contributed by atoms with van der Waals surface area (Å²) in [5, 5.41) is 9.02. The van der Waals surface area contributed by atoms with Gasteiger partial charge in [0, 0.05) is 25.1 Å². The number of hydrogen-bond acceptors (Lipinski definition) is 6. The third kappa shape index (κ3) is 3.90. The van der Waals surface area contributed by atoms with Crippen LogP contribution in [0.3, 0.4) is 0 Å². The first-order chi connectivity index (χ1) is 9.94. The van der Waals surface area contributed by atoms with Gasteiger partial charge in [-0.05, 0) is 0 Å². The highest BCUT2D eigenvalue weighted by molar-refractivity contribution is 5.41. The molecule has 1 unspecified atom stereocenters. The second kappa shape index (κ2) is 6.37. The standard InChI is InChI=1S/C15H22N4O2/c1-15(2,3)14-17-11(10-20-4)7-13(18-14)19-5-6-21-12(8-16)9-19/h7,12H,5-6,9-10H2,1-4H3. The summed E-state index contributed by atoms with van der Waals surface area (Å²) >= 11 is 0. The van der Waals surface area contributed by atoms with Crippen molar-refractivity contribution in [1.29, 1.82) is 5.26 Å². The smallest absolute Gasteiger partial charge is 0.161 e. The minimum Gasteiger partial charge on any atom is -0.378 e. The molecule has 0 N–H and O–H groups in total. The second-order valence-corrected chi connectivity index (χ2v) is 6.16. The fourth-order valence-electron chi connectivity index (χ4n) is 2.14. The molecule has 1 aromatic heterocycles. The van der Waals surface area contributed by atoms with E-state index in [-0.39, 0.29) is 5.41 Å². The van der Waals surface area contributed by atoms with Gasteiger partial charge in [0.05, 0.1) is 31.5 Å². The van der Waals surface area contributed by atoms with Crippen LogP contribution in [0.25, 0.3) is 0 Å². The summed E-state index contributed by atoms with van der Waals surface area (Å²) in [5.74, 6) is 1.62. The molecule has 1 fully saturated rings. The van der Waals surface area contributed by atoms with Crippen molar-refractivity contribution < 1.29 is 9.47 Å². The summed E-state index contributed by atoms with van der Waals surface area (Å²) in [6, 6.07) is 4.09. The lowest BCUT2D eigenvalue weighted by Crippen LogP contribution is -2.42. The molecule has 0 amide bonds. The molecule has 0 aliphatic carbocycles. The number of nitrogens with zero attached hydrogens (tertiary/aromatic N) is 4. The van der Waals surface area contributed by atoms with Gasteiger partial charge in [-0.15, -0.1) is 0 Å². The summed E-state index contributed by atoms with van der Waals surface area (Å²) in [6.07, 6.45) is -0.405. The number of nitriles is 1. The van der Waals surface area contributed by atoms with Gasteiger partial charge in [-0.25, -0.2) is 9.97 Å². The van der Waals surface area contributed by atoms with Crippen LogP contribution in [0.4, 0.5) is 5.82 Å². The van der Waals surface area contributed by atoms with E-state index in [0.717, 1.165) is 23.9 Å². The fraction of sp³-hybridized carbons (Fsp3) is 0.667. The van der Waals surface area contributed by atoms with Crippen molar-refractivity contribution in [2.24, 2.45) is 0 Å². The summed E-state index contributed by atoms with van der Waals surface area (Å²) in [5.41, 5.74) is 0.715. The normalized spacial score (nSPS) is 19.4. The molecule has 1 saturated heterocycles. The number of hydrogen-bond donors (Lipinski definition) is 0. The number of methoxy groups -OCH3 is 1. The molecule has 114 valence electrons. The summed E-state index contributed by atoms with van der Waals surface area (Å²) < 4.78 is 10.6. The van der Waals surface area contributed by atoms with Crippen LogP contribution in [0.15, 0.2) is 6.07 Å². The van der Waals surface area contributed by atoms with Crippen LogP contribution in [0.5, 0.6) is 0 Å². The van der Waals surface area contributed by atoms with Crippen molar-refractivity contribution in [3.8, 4) is 6.07 Å². The molecule has 1 aliphatic rings. The molecular formula is C15H22N4O2. The summed E-state index contributed by atoms with van der Waals surface area (Å²) in [4.78, 5) is 11.3.